The minimum Gasteiger partial charge on any atom is -0.459 e. The monoisotopic (exact) mass is 1580 g/mol. The first-order chi connectivity index (χ1) is 52.5. The molecule has 4 amide bonds. The number of rotatable bonds is 10. The number of sulfonamides is 1. The summed E-state index contributed by atoms with van der Waals surface area (Å²) in [6.07, 6.45) is 3.97. The summed E-state index contributed by atoms with van der Waals surface area (Å²) in [6, 6.07) is 50.4. The van der Waals surface area contributed by atoms with Crippen molar-refractivity contribution in [3.05, 3.63) is 245 Å². The first kappa shape index (κ1) is 84.4. The van der Waals surface area contributed by atoms with Gasteiger partial charge in [-0.3, -0.25) is 43.1 Å². The smallest absolute Gasteiger partial charge is 0.289 e. The van der Waals surface area contributed by atoms with Gasteiger partial charge in [-0.1, -0.05) is 127 Å². The molecule has 0 radical (unpaired) electrons. The standard InChI is InChI=1S/C21H22N4O2.C20H22N4O5S.C19H20N4O3.C19H20N4O2S.4CH4/c1-23-17-10-6-5-9-16(17)19(18(22)21(23)27)24-11-13-25(14-12-24)20(26)15-7-3-2-4-8-15;1-22-15-7-4-3-6-14(15)18(17(20(22)26)21-30(2,27)28)23-9-11-24(12-10-23)19(25)16-8-5-13-29-16;2*1-21-14-6-3-2-5-13(14)17(16(20)19(21)25)22-8-10-23(11-9-22)18(24)15-7-4-12-26-15;;;;/h2-10H,11-14,22H2,1H3;3-8,13,21H,9-12H2,1-2H3;2*2-7,12H,8-11,20H2,1H3;4*1H4. The first-order valence-electron chi connectivity index (χ1n) is 35.5. The van der Waals surface area contributed by atoms with Crippen LogP contribution in [0.4, 0.5) is 45.5 Å². The van der Waals surface area contributed by atoms with Crippen molar-refractivity contribution in [2.24, 2.45) is 28.2 Å². The summed E-state index contributed by atoms with van der Waals surface area (Å²) in [7, 11) is 3.15. The van der Waals surface area contributed by atoms with Gasteiger partial charge in [0.2, 0.25) is 10.0 Å². The summed E-state index contributed by atoms with van der Waals surface area (Å²) in [4.78, 5) is 117. The van der Waals surface area contributed by atoms with Crippen LogP contribution in [0.25, 0.3) is 43.6 Å². The van der Waals surface area contributed by atoms with Crippen molar-refractivity contribution in [2.45, 2.75) is 29.7 Å². The van der Waals surface area contributed by atoms with E-state index in [2.05, 4.69) is 19.4 Å². The molecule has 7 aromatic heterocycles. The molecule has 30 heteroatoms. The second-order valence-electron chi connectivity index (χ2n) is 26.8. The quantitative estimate of drug-likeness (QED) is 0.0989. The van der Waals surface area contributed by atoms with Crippen molar-refractivity contribution >= 4 is 134 Å². The van der Waals surface area contributed by atoms with Crippen LogP contribution in [0.15, 0.2) is 210 Å². The number of pyridine rings is 4. The van der Waals surface area contributed by atoms with E-state index in [1.807, 2.05) is 160 Å². The van der Waals surface area contributed by atoms with Crippen LogP contribution in [-0.2, 0) is 38.2 Å². The number of anilines is 8. The Hall–Kier alpha value is -12.6. The summed E-state index contributed by atoms with van der Waals surface area (Å²) < 4.78 is 42.9. The predicted octanol–water partition coefficient (Wildman–Crippen LogP) is 9.91. The Morgan fingerprint density at radius 1 is 0.363 bits per heavy atom. The lowest BCUT2D eigenvalue weighted by Gasteiger charge is -2.37. The lowest BCUT2D eigenvalue weighted by atomic mass is 10.1. The van der Waals surface area contributed by atoms with Crippen LogP contribution in [0.1, 0.15) is 70.8 Å². The predicted molar refractivity (Wildman–Crippen MR) is 456 cm³/mol. The number of hydrogen-bond acceptors (Lipinski definition) is 20. The van der Waals surface area contributed by atoms with Crippen LogP contribution in [0.5, 0.6) is 0 Å². The van der Waals surface area contributed by atoms with Crippen molar-refractivity contribution < 1.29 is 36.4 Å². The molecule has 0 atom stereocenters. The highest BCUT2D eigenvalue weighted by molar-refractivity contribution is 7.92. The van der Waals surface area contributed by atoms with E-state index in [9.17, 15) is 46.8 Å². The first-order valence-corrected chi connectivity index (χ1v) is 38.3. The number of aryl methyl sites for hydroxylation is 4. The van der Waals surface area contributed by atoms with Gasteiger partial charge in [-0.2, -0.15) is 0 Å². The van der Waals surface area contributed by atoms with Crippen molar-refractivity contribution in [2.75, 3.05) is 152 Å². The number of benzene rings is 5. The van der Waals surface area contributed by atoms with Crippen LogP contribution in [0.3, 0.4) is 0 Å². The average molecular weight is 1580 g/mol. The second-order valence-corrected chi connectivity index (χ2v) is 29.5. The normalized spacial score (nSPS) is 14.2. The molecule has 4 aliphatic heterocycles. The largest absolute Gasteiger partial charge is 0.459 e. The molecule has 16 rings (SSSR count). The third kappa shape index (κ3) is 17.3. The van der Waals surface area contributed by atoms with E-state index in [4.69, 9.17) is 26.0 Å². The number of carbonyl (C=O) groups excluding carboxylic acids is 4. The average Bonchev–Trinajstić information content (AvgIpc) is 0.998. The summed E-state index contributed by atoms with van der Waals surface area (Å²) >= 11 is 1.46. The summed E-state index contributed by atoms with van der Waals surface area (Å²) in [5, 5.41) is 5.54. The molecule has 596 valence electrons. The maximum Gasteiger partial charge on any atom is 0.289 e. The van der Waals surface area contributed by atoms with Crippen molar-refractivity contribution in [1.29, 1.82) is 0 Å². The number of fused-ring (bicyclic) bond motifs is 4. The number of furan rings is 2. The summed E-state index contributed by atoms with van der Waals surface area (Å²) in [6.45, 7) is 9.02. The maximum absolute atomic E-state index is 13.0. The van der Waals surface area contributed by atoms with Gasteiger partial charge >= 0.3 is 0 Å². The highest BCUT2D eigenvalue weighted by atomic mass is 32.2. The number of aromatic nitrogens is 4. The van der Waals surface area contributed by atoms with Crippen LogP contribution in [0.2, 0.25) is 0 Å². The SMILES string of the molecule is C.C.C.C.Cn1c(=O)c(N)c(N2CCN(C(=O)c3ccccc3)CC2)c2ccccc21.Cn1c(=O)c(N)c(N2CCN(C(=O)c3ccco3)CC2)c2ccccc21.Cn1c(=O)c(N)c(N2CCN(C(=O)c3cccs3)CC2)c2ccccc21.Cn1c(=O)c(NS(C)(=O)=O)c(N2CCN(C(=O)c3ccco3)CC2)c2ccccc21. The fraction of sp³-hybridized carbons (Fsp3) is 0.301. The molecule has 0 unspecified atom stereocenters. The molecule has 4 fully saturated rings. The van der Waals surface area contributed by atoms with Crippen LogP contribution >= 0.6 is 11.3 Å². The molecule has 0 bridgehead atoms. The third-order valence-corrected chi connectivity index (χ3v) is 21.7. The Kier molecular flexibility index (Phi) is 27.0. The van der Waals surface area contributed by atoms with E-state index in [1.54, 1.807) is 76.0 Å². The molecule has 0 aliphatic carbocycles. The fourth-order valence-electron chi connectivity index (χ4n) is 14.6. The number of carbonyl (C=O) groups is 4. The van der Waals surface area contributed by atoms with Crippen molar-refractivity contribution in [3.8, 4) is 0 Å². The zero-order valence-electron chi connectivity index (χ0n) is 60.9. The highest BCUT2D eigenvalue weighted by Crippen LogP contribution is 2.37. The molecular weight excluding hydrogens is 1480 g/mol. The molecule has 5 aromatic carbocycles. The molecule has 4 saturated heterocycles. The minimum atomic E-state index is -3.67. The Morgan fingerprint density at radius 3 is 0.982 bits per heavy atom. The summed E-state index contributed by atoms with van der Waals surface area (Å²) in [5.41, 5.74) is 25.2. The Labute approximate surface area is 660 Å². The number of nitrogens with zero attached hydrogens (tertiary/aromatic N) is 12. The van der Waals surface area contributed by atoms with Gasteiger partial charge in [-0.05, 0) is 72.1 Å². The van der Waals surface area contributed by atoms with Gasteiger partial charge in [-0.15, -0.1) is 11.3 Å². The Bertz CT molecular complexity index is 5590. The van der Waals surface area contributed by atoms with Gasteiger partial charge < -0.3 is 83.5 Å². The zero-order valence-corrected chi connectivity index (χ0v) is 62.6. The number of para-hydroxylation sites is 4. The van der Waals surface area contributed by atoms with E-state index in [-0.39, 0.29) is 98.5 Å². The van der Waals surface area contributed by atoms with Gasteiger partial charge in [0.15, 0.2) is 11.5 Å². The van der Waals surface area contributed by atoms with E-state index < -0.39 is 15.6 Å². The molecule has 28 nitrogen and oxygen atoms in total. The molecule has 0 spiro atoms. The van der Waals surface area contributed by atoms with E-state index in [0.717, 1.165) is 66.3 Å². The van der Waals surface area contributed by atoms with Crippen LogP contribution < -0.4 is 63.8 Å². The lowest BCUT2D eigenvalue weighted by Crippen LogP contribution is -2.49. The number of hydrogen-bond donors (Lipinski definition) is 4. The number of thiophene rings is 1. The van der Waals surface area contributed by atoms with Gasteiger partial charge in [0.05, 0.1) is 68.5 Å². The highest BCUT2D eigenvalue weighted by Gasteiger charge is 2.32. The molecule has 7 N–H and O–H groups in total. The molecule has 113 heavy (non-hydrogen) atoms. The lowest BCUT2D eigenvalue weighted by molar-refractivity contribution is 0.0708. The van der Waals surface area contributed by atoms with Gasteiger partial charge in [0, 0.05) is 160 Å². The number of piperazine rings is 4. The summed E-state index contributed by atoms with van der Waals surface area (Å²) in [5.74, 6) is 0.428. The number of amides is 4. The van der Waals surface area contributed by atoms with Gasteiger partial charge in [0.1, 0.15) is 22.7 Å². The van der Waals surface area contributed by atoms with Crippen molar-refractivity contribution in [3.63, 3.8) is 0 Å². The third-order valence-electron chi connectivity index (χ3n) is 20.2. The zero-order chi connectivity index (χ0) is 76.9. The molecule has 0 saturated carbocycles. The molecule has 4 aliphatic rings. The van der Waals surface area contributed by atoms with E-state index in [0.29, 0.717) is 127 Å². The number of nitrogens with two attached hydrogens (primary N) is 3. The maximum atomic E-state index is 13.0. The van der Waals surface area contributed by atoms with E-state index in [1.165, 1.54) is 28.4 Å². The minimum absolute atomic E-state index is 0. The Balaban J connectivity index is 0.000000171. The topological polar surface area (TPSA) is 333 Å². The molecular formula is C83H100N16O12S2. The molecule has 11 heterocycles. The molecule has 12 aromatic rings. The van der Waals surface area contributed by atoms with Gasteiger partial charge in [-0.25, -0.2) is 8.42 Å². The fourth-order valence-corrected chi connectivity index (χ4v) is 15.8. The second kappa shape index (κ2) is 36.1. The number of nitrogens with one attached hydrogen (secondary N) is 1. The van der Waals surface area contributed by atoms with Gasteiger partial charge in [0.25, 0.3) is 45.9 Å². The number of nitrogen functional groups attached to an aromatic ring is 3. The van der Waals surface area contributed by atoms with Crippen LogP contribution in [-0.4, -0.2) is 181 Å². The van der Waals surface area contributed by atoms with Crippen molar-refractivity contribution in [1.82, 2.24) is 37.9 Å². The van der Waals surface area contributed by atoms with E-state index >= 15 is 0 Å². The Morgan fingerprint density at radius 2 is 0.664 bits per heavy atom. The van der Waals surface area contributed by atoms with Crippen LogP contribution in [0, 0.1) is 0 Å².